The zero-order valence-electron chi connectivity index (χ0n) is 19.2. The Balaban J connectivity index is 1.41. The van der Waals surface area contributed by atoms with Crippen molar-refractivity contribution in [2.24, 2.45) is 0 Å². The smallest absolute Gasteiger partial charge is 0.253 e. The molecule has 0 aliphatic carbocycles. The lowest BCUT2D eigenvalue weighted by Gasteiger charge is -2.34. The van der Waals surface area contributed by atoms with Gasteiger partial charge in [-0.3, -0.25) is 9.59 Å². The fourth-order valence-corrected chi connectivity index (χ4v) is 4.26. The fourth-order valence-electron chi connectivity index (χ4n) is 4.04. The highest BCUT2D eigenvalue weighted by atomic mass is 35.5. The first-order valence-corrected chi connectivity index (χ1v) is 11.8. The quantitative estimate of drug-likeness (QED) is 0.523. The largest absolute Gasteiger partial charge is 0.369 e. The SMILES string of the molecule is CN1CCN(c2ccc(NC(=O)C[C@@H](NC(=O)c3ccccc3Cl)c3ccccc3)cc2)CC1. The summed E-state index contributed by atoms with van der Waals surface area (Å²) < 4.78 is 0. The predicted octanol–water partition coefficient (Wildman–Crippen LogP) is 4.59. The van der Waals surface area contributed by atoms with Gasteiger partial charge in [0.2, 0.25) is 5.91 Å². The number of amides is 2. The summed E-state index contributed by atoms with van der Waals surface area (Å²) in [5.41, 5.74) is 3.11. The zero-order valence-corrected chi connectivity index (χ0v) is 20.0. The summed E-state index contributed by atoms with van der Waals surface area (Å²) in [5.74, 6) is -0.496. The molecule has 0 radical (unpaired) electrons. The molecule has 0 unspecified atom stereocenters. The Kier molecular flexibility index (Phi) is 7.83. The lowest BCUT2D eigenvalue weighted by atomic mass is 10.0. The van der Waals surface area contributed by atoms with Gasteiger partial charge in [0, 0.05) is 37.6 Å². The van der Waals surface area contributed by atoms with Crippen molar-refractivity contribution in [3.05, 3.63) is 95.0 Å². The van der Waals surface area contributed by atoms with Crippen LogP contribution in [0.1, 0.15) is 28.4 Å². The molecule has 3 aromatic carbocycles. The third kappa shape index (κ3) is 6.16. The van der Waals surface area contributed by atoms with E-state index in [1.807, 2.05) is 54.6 Å². The van der Waals surface area contributed by atoms with Crippen LogP contribution in [0.2, 0.25) is 5.02 Å². The number of halogens is 1. The molecule has 1 saturated heterocycles. The van der Waals surface area contributed by atoms with E-state index in [4.69, 9.17) is 11.6 Å². The zero-order chi connectivity index (χ0) is 23.9. The third-order valence-corrected chi connectivity index (χ3v) is 6.36. The molecule has 1 aliphatic rings. The van der Waals surface area contributed by atoms with Crippen LogP contribution in [0.5, 0.6) is 0 Å². The lowest BCUT2D eigenvalue weighted by Crippen LogP contribution is -2.44. The molecule has 4 rings (SSSR count). The van der Waals surface area contributed by atoms with Gasteiger partial charge in [0.25, 0.3) is 5.91 Å². The minimum atomic E-state index is -0.491. The van der Waals surface area contributed by atoms with Crippen molar-refractivity contribution in [3.8, 4) is 0 Å². The molecular formula is C27H29ClN4O2. The van der Waals surface area contributed by atoms with E-state index in [9.17, 15) is 9.59 Å². The first kappa shape index (κ1) is 23.8. The van der Waals surface area contributed by atoms with E-state index in [0.717, 1.165) is 43.1 Å². The number of hydrogen-bond acceptors (Lipinski definition) is 4. The van der Waals surface area contributed by atoms with Gasteiger partial charge in [-0.1, -0.05) is 54.1 Å². The summed E-state index contributed by atoms with van der Waals surface area (Å²) in [6.07, 6.45) is 0.0976. The van der Waals surface area contributed by atoms with Gasteiger partial charge in [-0.05, 0) is 49.0 Å². The molecular weight excluding hydrogens is 448 g/mol. The van der Waals surface area contributed by atoms with Gasteiger partial charge < -0.3 is 20.4 Å². The highest BCUT2D eigenvalue weighted by molar-refractivity contribution is 6.33. The van der Waals surface area contributed by atoms with Crippen LogP contribution in [0.25, 0.3) is 0 Å². The molecule has 0 saturated carbocycles. The molecule has 1 atom stereocenters. The topological polar surface area (TPSA) is 64.7 Å². The lowest BCUT2D eigenvalue weighted by molar-refractivity contribution is -0.116. The van der Waals surface area contributed by atoms with E-state index < -0.39 is 6.04 Å². The van der Waals surface area contributed by atoms with Crippen molar-refractivity contribution < 1.29 is 9.59 Å². The Morgan fingerprint density at radius 1 is 0.882 bits per heavy atom. The maximum Gasteiger partial charge on any atom is 0.253 e. The van der Waals surface area contributed by atoms with Crippen molar-refractivity contribution in [2.45, 2.75) is 12.5 Å². The minimum absolute atomic E-state index is 0.0976. The molecule has 2 amide bonds. The van der Waals surface area contributed by atoms with Crippen LogP contribution in [-0.2, 0) is 4.79 Å². The van der Waals surface area contributed by atoms with Gasteiger partial charge in [-0.15, -0.1) is 0 Å². The number of likely N-dealkylation sites (N-methyl/N-ethyl adjacent to an activating group) is 1. The summed E-state index contributed by atoms with van der Waals surface area (Å²) in [6.45, 7) is 4.07. The van der Waals surface area contributed by atoms with Crippen LogP contribution >= 0.6 is 11.6 Å². The number of carbonyl (C=O) groups is 2. The molecule has 1 aliphatic heterocycles. The van der Waals surface area contributed by atoms with Crippen molar-refractivity contribution >= 4 is 34.8 Å². The number of benzene rings is 3. The average Bonchev–Trinajstić information content (AvgIpc) is 2.85. The number of anilines is 2. The highest BCUT2D eigenvalue weighted by Gasteiger charge is 2.21. The molecule has 176 valence electrons. The standard InChI is InChI=1S/C27H29ClN4O2/c1-31-15-17-32(18-16-31)22-13-11-21(12-14-22)29-26(33)19-25(20-7-3-2-4-8-20)30-27(34)23-9-5-6-10-24(23)28/h2-14,25H,15-19H2,1H3,(H,29,33)(H,30,34)/t25-/m1/s1. The van der Waals surface area contributed by atoms with E-state index in [1.54, 1.807) is 24.3 Å². The summed E-state index contributed by atoms with van der Waals surface area (Å²) in [7, 11) is 2.13. The first-order valence-electron chi connectivity index (χ1n) is 11.4. The van der Waals surface area contributed by atoms with Crippen molar-refractivity contribution in [3.63, 3.8) is 0 Å². The van der Waals surface area contributed by atoms with E-state index >= 15 is 0 Å². The van der Waals surface area contributed by atoms with Gasteiger partial charge in [0.15, 0.2) is 0 Å². The Morgan fingerprint density at radius 3 is 2.21 bits per heavy atom. The summed E-state index contributed by atoms with van der Waals surface area (Å²) in [5, 5.41) is 6.30. The minimum Gasteiger partial charge on any atom is -0.369 e. The summed E-state index contributed by atoms with van der Waals surface area (Å²) in [4.78, 5) is 30.4. The molecule has 2 N–H and O–H groups in total. The second-order valence-corrected chi connectivity index (χ2v) is 8.91. The summed E-state index contributed by atoms with van der Waals surface area (Å²) in [6, 6.07) is 23.8. The van der Waals surface area contributed by atoms with Crippen molar-refractivity contribution in [2.75, 3.05) is 43.4 Å². The Morgan fingerprint density at radius 2 is 1.53 bits per heavy atom. The third-order valence-electron chi connectivity index (χ3n) is 6.03. The number of rotatable bonds is 7. The highest BCUT2D eigenvalue weighted by Crippen LogP contribution is 2.23. The molecule has 0 aromatic heterocycles. The van der Waals surface area contributed by atoms with Crippen LogP contribution in [0.3, 0.4) is 0 Å². The summed E-state index contributed by atoms with van der Waals surface area (Å²) >= 11 is 6.19. The van der Waals surface area contributed by atoms with E-state index in [1.165, 1.54) is 0 Å². The molecule has 34 heavy (non-hydrogen) atoms. The van der Waals surface area contributed by atoms with Crippen molar-refractivity contribution in [1.82, 2.24) is 10.2 Å². The maximum atomic E-state index is 12.9. The number of hydrogen-bond donors (Lipinski definition) is 2. The van der Waals surface area contributed by atoms with E-state index in [-0.39, 0.29) is 18.2 Å². The first-order chi connectivity index (χ1) is 16.5. The van der Waals surface area contributed by atoms with Crippen LogP contribution < -0.4 is 15.5 Å². The molecule has 3 aromatic rings. The van der Waals surface area contributed by atoms with E-state index in [2.05, 4.69) is 27.5 Å². The van der Waals surface area contributed by atoms with Gasteiger partial charge in [-0.25, -0.2) is 0 Å². The Labute approximate surface area is 205 Å². The normalized spacial score (nSPS) is 14.9. The number of piperazine rings is 1. The predicted molar refractivity (Wildman–Crippen MR) is 137 cm³/mol. The van der Waals surface area contributed by atoms with Gasteiger partial charge >= 0.3 is 0 Å². The average molecular weight is 477 g/mol. The van der Waals surface area contributed by atoms with Crippen molar-refractivity contribution in [1.29, 1.82) is 0 Å². The number of nitrogens with one attached hydrogen (secondary N) is 2. The molecule has 7 heteroatoms. The number of nitrogens with zero attached hydrogens (tertiary/aromatic N) is 2. The van der Waals surface area contributed by atoms with Crippen LogP contribution in [0, 0.1) is 0 Å². The monoisotopic (exact) mass is 476 g/mol. The molecule has 1 heterocycles. The second kappa shape index (κ2) is 11.2. The van der Waals surface area contributed by atoms with Gasteiger partial charge in [0.1, 0.15) is 0 Å². The van der Waals surface area contributed by atoms with Gasteiger partial charge in [-0.2, -0.15) is 0 Å². The van der Waals surface area contributed by atoms with Crippen LogP contribution in [0.4, 0.5) is 11.4 Å². The Bertz CT molecular complexity index is 1110. The second-order valence-electron chi connectivity index (χ2n) is 8.51. The van der Waals surface area contributed by atoms with E-state index in [0.29, 0.717) is 10.6 Å². The fraction of sp³-hybridized carbons (Fsp3) is 0.259. The molecule has 0 spiro atoms. The molecule has 0 bridgehead atoms. The number of carbonyl (C=O) groups excluding carboxylic acids is 2. The Hall–Kier alpha value is -3.35. The maximum absolute atomic E-state index is 12.9. The molecule has 6 nitrogen and oxygen atoms in total. The molecule has 1 fully saturated rings. The van der Waals surface area contributed by atoms with Crippen LogP contribution in [-0.4, -0.2) is 49.9 Å². The van der Waals surface area contributed by atoms with Crippen LogP contribution in [0.15, 0.2) is 78.9 Å². The van der Waals surface area contributed by atoms with Gasteiger partial charge in [0.05, 0.1) is 23.0 Å².